The number of halogens is 2. The normalized spacial score (nSPS) is 11.9. The van der Waals surface area contributed by atoms with Crippen molar-refractivity contribution in [1.29, 1.82) is 0 Å². The van der Waals surface area contributed by atoms with Crippen LogP contribution in [0.4, 0.5) is 4.39 Å². The smallest absolute Gasteiger partial charge is 0.252 e. The summed E-state index contributed by atoms with van der Waals surface area (Å²) in [5.74, 6) is -0.621. The molecule has 23 heavy (non-hydrogen) atoms. The molecule has 0 bridgehead atoms. The highest BCUT2D eigenvalue weighted by Gasteiger charge is 2.18. The number of rotatable bonds is 4. The fourth-order valence-corrected chi connectivity index (χ4v) is 3.08. The molecule has 5 heteroatoms. The van der Waals surface area contributed by atoms with Crippen LogP contribution in [-0.2, 0) is 0 Å². The summed E-state index contributed by atoms with van der Waals surface area (Å²) in [4.78, 5) is 12.4. The molecular weight excluding hydrogens is 333 g/mol. The molecule has 1 aromatic heterocycles. The Bertz CT molecular complexity index is 785. The molecule has 1 heterocycles. The maximum Gasteiger partial charge on any atom is 0.252 e. The molecule has 0 aliphatic rings. The molecule has 0 radical (unpaired) electrons. The van der Waals surface area contributed by atoms with Crippen molar-refractivity contribution in [3.8, 4) is 0 Å². The Kier molecular flexibility index (Phi) is 4.74. The van der Waals surface area contributed by atoms with E-state index in [4.69, 9.17) is 11.6 Å². The first-order valence-corrected chi connectivity index (χ1v) is 8.29. The topological polar surface area (TPSA) is 29.1 Å². The van der Waals surface area contributed by atoms with Crippen LogP contribution in [0.2, 0.25) is 5.02 Å². The largest absolute Gasteiger partial charge is 0.341 e. The second-order valence-corrected chi connectivity index (χ2v) is 6.24. The van der Waals surface area contributed by atoms with E-state index >= 15 is 0 Å². The second kappa shape index (κ2) is 6.94. The lowest BCUT2D eigenvalue weighted by molar-refractivity contribution is 0.0943. The summed E-state index contributed by atoms with van der Waals surface area (Å²) in [7, 11) is 0. The van der Waals surface area contributed by atoms with Gasteiger partial charge in [-0.3, -0.25) is 4.79 Å². The maximum absolute atomic E-state index is 13.0. The van der Waals surface area contributed by atoms with Gasteiger partial charge in [-0.2, -0.15) is 11.3 Å². The lowest BCUT2D eigenvalue weighted by Crippen LogP contribution is -2.29. The molecular formula is C18H13ClFNOS. The van der Waals surface area contributed by atoms with Crippen molar-refractivity contribution in [2.24, 2.45) is 0 Å². The van der Waals surface area contributed by atoms with E-state index in [1.807, 2.05) is 29.0 Å². The molecule has 0 saturated heterocycles. The fourth-order valence-electron chi connectivity index (χ4n) is 2.27. The van der Waals surface area contributed by atoms with E-state index in [1.165, 1.54) is 24.3 Å². The summed E-state index contributed by atoms with van der Waals surface area (Å²) in [6.45, 7) is 0. The van der Waals surface area contributed by atoms with Crippen LogP contribution in [0.1, 0.15) is 27.5 Å². The summed E-state index contributed by atoms with van der Waals surface area (Å²) >= 11 is 7.50. The van der Waals surface area contributed by atoms with Crippen LogP contribution in [0.15, 0.2) is 65.4 Å². The highest BCUT2D eigenvalue weighted by Crippen LogP contribution is 2.25. The van der Waals surface area contributed by atoms with Crippen molar-refractivity contribution in [3.05, 3.63) is 92.9 Å². The quantitative estimate of drug-likeness (QED) is 0.703. The van der Waals surface area contributed by atoms with E-state index in [0.29, 0.717) is 10.6 Å². The molecule has 1 amide bonds. The van der Waals surface area contributed by atoms with Crippen molar-refractivity contribution < 1.29 is 9.18 Å². The van der Waals surface area contributed by atoms with Gasteiger partial charge in [0.1, 0.15) is 5.82 Å². The molecule has 0 aliphatic carbocycles. The van der Waals surface area contributed by atoms with Gasteiger partial charge in [-0.05, 0) is 64.4 Å². The molecule has 0 spiro atoms. The Balaban J connectivity index is 1.88. The standard InChI is InChI=1S/C18H13ClFNOS/c19-15-5-1-12(2-6-15)17(14-9-10-23-11-14)21-18(22)13-3-7-16(20)8-4-13/h1-11,17H,(H,21,22)/t17-/m0/s1. The monoisotopic (exact) mass is 345 g/mol. The molecule has 0 fully saturated rings. The first kappa shape index (κ1) is 15.7. The molecule has 3 aromatic rings. The average molecular weight is 346 g/mol. The number of carbonyl (C=O) groups excluding carboxylic acids is 1. The number of carbonyl (C=O) groups is 1. The predicted octanol–water partition coefficient (Wildman–Crippen LogP) is 5.06. The van der Waals surface area contributed by atoms with Crippen LogP contribution >= 0.6 is 22.9 Å². The predicted molar refractivity (Wildman–Crippen MR) is 91.5 cm³/mol. The molecule has 2 nitrogen and oxygen atoms in total. The SMILES string of the molecule is O=C(N[C@@H](c1ccc(Cl)cc1)c1ccsc1)c1ccc(F)cc1. The molecule has 0 aliphatic heterocycles. The van der Waals surface area contributed by atoms with Crippen LogP contribution in [0.5, 0.6) is 0 Å². The number of nitrogens with one attached hydrogen (secondary N) is 1. The highest BCUT2D eigenvalue weighted by atomic mass is 35.5. The zero-order valence-electron chi connectivity index (χ0n) is 12.0. The van der Waals surface area contributed by atoms with E-state index in [9.17, 15) is 9.18 Å². The number of hydrogen-bond donors (Lipinski definition) is 1. The van der Waals surface area contributed by atoms with Gasteiger partial charge in [-0.1, -0.05) is 23.7 Å². The molecule has 0 saturated carbocycles. The van der Waals surface area contributed by atoms with Gasteiger partial charge in [0.25, 0.3) is 5.91 Å². The van der Waals surface area contributed by atoms with E-state index in [2.05, 4.69) is 5.32 Å². The van der Waals surface area contributed by atoms with Gasteiger partial charge < -0.3 is 5.32 Å². The molecule has 1 atom stereocenters. The second-order valence-electron chi connectivity index (χ2n) is 5.02. The zero-order valence-corrected chi connectivity index (χ0v) is 13.6. The minimum Gasteiger partial charge on any atom is -0.341 e. The van der Waals surface area contributed by atoms with Gasteiger partial charge in [0.05, 0.1) is 6.04 Å². The first-order valence-electron chi connectivity index (χ1n) is 6.97. The number of thiophene rings is 1. The Hall–Kier alpha value is -2.17. The van der Waals surface area contributed by atoms with E-state index < -0.39 is 0 Å². The van der Waals surface area contributed by atoms with Gasteiger partial charge in [-0.15, -0.1) is 0 Å². The highest BCUT2D eigenvalue weighted by molar-refractivity contribution is 7.08. The number of amides is 1. The summed E-state index contributed by atoms with van der Waals surface area (Å²) in [5.41, 5.74) is 2.34. The lowest BCUT2D eigenvalue weighted by Gasteiger charge is -2.18. The minimum absolute atomic E-state index is 0.254. The third-order valence-electron chi connectivity index (χ3n) is 3.46. The average Bonchev–Trinajstić information content (AvgIpc) is 3.08. The first-order chi connectivity index (χ1) is 11.1. The molecule has 1 N–H and O–H groups in total. The Morgan fingerprint density at radius 2 is 1.70 bits per heavy atom. The van der Waals surface area contributed by atoms with Crippen molar-refractivity contribution >= 4 is 28.8 Å². The molecule has 3 rings (SSSR count). The lowest BCUT2D eigenvalue weighted by atomic mass is 10.0. The van der Waals surface area contributed by atoms with Crippen molar-refractivity contribution in [1.82, 2.24) is 5.32 Å². The van der Waals surface area contributed by atoms with Gasteiger partial charge in [0.15, 0.2) is 0 Å². The Morgan fingerprint density at radius 1 is 1.00 bits per heavy atom. The van der Waals surface area contributed by atoms with E-state index in [0.717, 1.165) is 11.1 Å². The third-order valence-corrected chi connectivity index (χ3v) is 4.42. The van der Waals surface area contributed by atoms with Gasteiger partial charge >= 0.3 is 0 Å². The maximum atomic E-state index is 13.0. The van der Waals surface area contributed by atoms with Crippen molar-refractivity contribution in [3.63, 3.8) is 0 Å². The van der Waals surface area contributed by atoms with Crippen LogP contribution in [0, 0.1) is 5.82 Å². The molecule has 2 aromatic carbocycles. The summed E-state index contributed by atoms with van der Waals surface area (Å²) < 4.78 is 13.0. The summed E-state index contributed by atoms with van der Waals surface area (Å²) in [6.07, 6.45) is 0. The van der Waals surface area contributed by atoms with Crippen LogP contribution in [0.25, 0.3) is 0 Å². The fraction of sp³-hybridized carbons (Fsp3) is 0.0556. The number of benzene rings is 2. The molecule has 116 valence electrons. The summed E-state index contributed by atoms with van der Waals surface area (Å²) in [6, 6.07) is 14.5. The number of hydrogen-bond acceptors (Lipinski definition) is 2. The van der Waals surface area contributed by atoms with Crippen molar-refractivity contribution in [2.75, 3.05) is 0 Å². The molecule has 0 unspecified atom stereocenters. The van der Waals surface area contributed by atoms with Gasteiger partial charge in [0, 0.05) is 10.6 Å². The van der Waals surface area contributed by atoms with Crippen LogP contribution < -0.4 is 5.32 Å². The van der Waals surface area contributed by atoms with Gasteiger partial charge in [-0.25, -0.2) is 4.39 Å². The third kappa shape index (κ3) is 3.78. The summed E-state index contributed by atoms with van der Waals surface area (Å²) in [5, 5.41) is 7.59. The van der Waals surface area contributed by atoms with Crippen LogP contribution in [0.3, 0.4) is 0 Å². The Morgan fingerprint density at radius 3 is 2.30 bits per heavy atom. The van der Waals surface area contributed by atoms with Crippen molar-refractivity contribution in [2.45, 2.75) is 6.04 Å². The Labute approximate surface area is 142 Å². The zero-order chi connectivity index (χ0) is 16.2. The van der Waals surface area contributed by atoms with E-state index in [1.54, 1.807) is 23.5 Å². The minimum atomic E-state index is -0.367. The van der Waals surface area contributed by atoms with Crippen LogP contribution in [-0.4, -0.2) is 5.91 Å². The van der Waals surface area contributed by atoms with E-state index in [-0.39, 0.29) is 17.8 Å². The van der Waals surface area contributed by atoms with Gasteiger partial charge in [0.2, 0.25) is 0 Å².